The Morgan fingerprint density at radius 3 is 2.82 bits per heavy atom. The number of hydrogen-bond donors (Lipinski definition) is 1. The third-order valence-electron chi connectivity index (χ3n) is 1.06. The van der Waals surface area contributed by atoms with Gasteiger partial charge in [0.15, 0.2) is 4.73 Å². The fourth-order valence-corrected chi connectivity index (χ4v) is 1.08. The molecular weight excluding hydrogens is 208 g/mol. The minimum atomic E-state index is 0.276. The van der Waals surface area contributed by atoms with Crippen molar-refractivity contribution >= 4 is 21.9 Å². The zero-order valence-corrected chi connectivity index (χ0v) is 7.80. The van der Waals surface area contributed by atoms with Gasteiger partial charge in [-0.25, -0.2) is 4.68 Å². The molecule has 0 aliphatic rings. The summed E-state index contributed by atoms with van der Waals surface area (Å²) in [6, 6.07) is 0. The second-order valence-electron chi connectivity index (χ2n) is 2.35. The highest BCUT2D eigenvalue weighted by Crippen LogP contribution is 2.09. The van der Waals surface area contributed by atoms with Crippen LogP contribution in [-0.2, 0) is 6.54 Å². The van der Waals surface area contributed by atoms with Crippen LogP contribution in [0.25, 0.3) is 0 Å². The number of anilines is 1. The van der Waals surface area contributed by atoms with E-state index >= 15 is 0 Å². The van der Waals surface area contributed by atoms with Crippen LogP contribution in [0.5, 0.6) is 0 Å². The third kappa shape index (κ3) is 2.04. The lowest BCUT2D eigenvalue weighted by molar-refractivity contribution is 0.662. The smallest absolute Gasteiger partial charge is 0.240 e. The molecule has 0 atom stereocenters. The van der Waals surface area contributed by atoms with Crippen LogP contribution in [0.4, 0.5) is 5.95 Å². The van der Waals surface area contributed by atoms with Crippen LogP contribution < -0.4 is 5.73 Å². The van der Waals surface area contributed by atoms with E-state index in [0.29, 0.717) is 11.3 Å². The monoisotopic (exact) mass is 216 g/mol. The van der Waals surface area contributed by atoms with Crippen molar-refractivity contribution in [2.24, 2.45) is 0 Å². The van der Waals surface area contributed by atoms with Gasteiger partial charge in [-0.15, -0.1) is 5.10 Å². The number of nitrogens with two attached hydrogens (primary N) is 1. The molecule has 0 saturated heterocycles. The van der Waals surface area contributed by atoms with Crippen molar-refractivity contribution in [3.8, 4) is 0 Å². The Kier molecular flexibility index (Phi) is 2.28. The van der Waals surface area contributed by atoms with Gasteiger partial charge in [0.05, 0.1) is 6.54 Å². The summed E-state index contributed by atoms with van der Waals surface area (Å²) in [7, 11) is 0. The zero-order chi connectivity index (χ0) is 8.43. The number of allylic oxidation sites excluding steroid dienone is 1. The summed E-state index contributed by atoms with van der Waals surface area (Å²) >= 11 is 3.21. The molecule has 4 nitrogen and oxygen atoms in total. The minimum Gasteiger partial charge on any atom is -0.366 e. The van der Waals surface area contributed by atoms with Gasteiger partial charge in [0.1, 0.15) is 0 Å². The highest BCUT2D eigenvalue weighted by Gasteiger charge is 2.02. The van der Waals surface area contributed by atoms with Crippen molar-refractivity contribution < 1.29 is 0 Å². The van der Waals surface area contributed by atoms with E-state index in [2.05, 4.69) is 32.6 Å². The van der Waals surface area contributed by atoms with Crippen molar-refractivity contribution in [1.82, 2.24) is 14.8 Å². The van der Waals surface area contributed by atoms with Crippen LogP contribution in [0.3, 0.4) is 0 Å². The molecular formula is C6H9BrN4. The molecule has 60 valence electrons. The molecule has 0 bridgehead atoms. The standard InChI is InChI=1S/C6H9BrN4/c1-4(2)3-11-5(7)9-6(8)10-11/h1,3H2,2H3,(H2,8,10). The van der Waals surface area contributed by atoms with E-state index in [1.165, 1.54) is 0 Å². The van der Waals surface area contributed by atoms with Gasteiger partial charge in [-0.1, -0.05) is 12.2 Å². The van der Waals surface area contributed by atoms with Crippen LogP contribution in [0.1, 0.15) is 6.92 Å². The fraction of sp³-hybridized carbons (Fsp3) is 0.333. The summed E-state index contributed by atoms with van der Waals surface area (Å²) in [6.07, 6.45) is 0. The van der Waals surface area contributed by atoms with Gasteiger partial charge in [-0.05, 0) is 22.9 Å². The summed E-state index contributed by atoms with van der Waals surface area (Å²) in [4.78, 5) is 3.87. The van der Waals surface area contributed by atoms with Crippen molar-refractivity contribution in [2.45, 2.75) is 13.5 Å². The summed E-state index contributed by atoms with van der Waals surface area (Å²) in [5.74, 6) is 0.276. The first-order valence-electron chi connectivity index (χ1n) is 3.10. The Labute approximate surface area is 73.2 Å². The lowest BCUT2D eigenvalue weighted by atomic mass is 10.4. The molecule has 0 aliphatic carbocycles. The molecule has 1 rings (SSSR count). The first-order chi connectivity index (χ1) is 5.09. The van der Waals surface area contributed by atoms with Crippen molar-refractivity contribution in [2.75, 3.05) is 5.73 Å². The Bertz CT molecular complexity index is 278. The lowest BCUT2D eigenvalue weighted by Crippen LogP contribution is -2.01. The molecule has 11 heavy (non-hydrogen) atoms. The molecule has 0 saturated carbocycles. The molecule has 1 aromatic rings. The van der Waals surface area contributed by atoms with Crippen molar-refractivity contribution in [3.63, 3.8) is 0 Å². The minimum absolute atomic E-state index is 0.276. The maximum absolute atomic E-state index is 5.35. The number of aromatic nitrogens is 3. The maximum Gasteiger partial charge on any atom is 0.240 e. The van der Waals surface area contributed by atoms with Crippen LogP contribution in [0.2, 0.25) is 0 Å². The molecule has 0 fully saturated rings. The zero-order valence-electron chi connectivity index (χ0n) is 6.21. The van der Waals surface area contributed by atoms with Crippen LogP contribution >= 0.6 is 15.9 Å². The number of nitrogens with zero attached hydrogens (tertiary/aromatic N) is 3. The van der Waals surface area contributed by atoms with E-state index in [-0.39, 0.29) is 5.95 Å². The Balaban J connectivity index is 2.85. The molecule has 0 aliphatic heterocycles. The Hall–Kier alpha value is -0.840. The first kappa shape index (κ1) is 8.26. The summed E-state index contributed by atoms with van der Waals surface area (Å²) in [6.45, 7) is 6.32. The SMILES string of the molecule is C=C(C)Cn1nc(N)nc1Br. The summed E-state index contributed by atoms with van der Waals surface area (Å²) in [5, 5.41) is 3.93. The van der Waals surface area contributed by atoms with Gasteiger partial charge in [-0.2, -0.15) is 4.98 Å². The predicted octanol–water partition coefficient (Wildman–Crippen LogP) is 1.20. The molecule has 0 aromatic carbocycles. The lowest BCUT2D eigenvalue weighted by Gasteiger charge is -1.98. The Morgan fingerprint density at radius 2 is 2.45 bits per heavy atom. The van der Waals surface area contributed by atoms with E-state index in [9.17, 15) is 0 Å². The quantitative estimate of drug-likeness (QED) is 0.757. The topological polar surface area (TPSA) is 56.7 Å². The van der Waals surface area contributed by atoms with E-state index < -0.39 is 0 Å². The van der Waals surface area contributed by atoms with E-state index in [1.54, 1.807) is 4.68 Å². The number of nitrogen functional groups attached to an aromatic ring is 1. The van der Waals surface area contributed by atoms with Gasteiger partial charge in [-0.3, -0.25) is 0 Å². The van der Waals surface area contributed by atoms with Crippen LogP contribution in [0, 0.1) is 0 Å². The van der Waals surface area contributed by atoms with Crippen molar-refractivity contribution in [3.05, 3.63) is 16.9 Å². The molecule has 0 spiro atoms. The van der Waals surface area contributed by atoms with Gasteiger partial charge in [0.2, 0.25) is 5.95 Å². The average Bonchev–Trinajstić information content (AvgIpc) is 2.09. The molecule has 0 unspecified atom stereocenters. The van der Waals surface area contributed by atoms with Crippen LogP contribution in [-0.4, -0.2) is 14.8 Å². The number of hydrogen-bond acceptors (Lipinski definition) is 3. The maximum atomic E-state index is 5.35. The third-order valence-corrected chi connectivity index (χ3v) is 1.65. The Morgan fingerprint density at radius 1 is 1.82 bits per heavy atom. The second kappa shape index (κ2) is 3.04. The van der Waals surface area contributed by atoms with E-state index in [4.69, 9.17) is 5.73 Å². The molecule has 0 radical (unpaired) electrons. The molecule has 1 aromatic heterocycles. The number of rotatable bonds is 2. The first-order valence-corrected chi connectivity index (χ1v) is 3.89. The largest absolute Gasteiger partial charge is 0.366 e. The second-order valence-corrected chi connectivity index (χ2v) is 3.06. The van der Waals surface area contributed by atoms with Gasteiger partial charge in [0.25, 0.3) is 0 Å². The van der Waals surface area contributed by atoms with Gasteiger partial charge < -0.3 is 5.73 Å². The van der Waals surface area contributed by atoms with Gasteiger partial charge in [0, 0.05) is 0 Å². The van der Waals surface area contributed by atoms with E-state index in [1.807, 2.05) is 6.92 Å². The summed E-state index contributed by atoms with van der Waals surface area (Å²) < 4.78 is 2.29. The molecule has 2 N–H and O–H groups in total. The average molecular weight is 217 g/mol. The molecule has 5 heteroatoms. The fourth-order valence-electron chi connectivity index (χ4n) is 0.696. The molecule has 1 heterocycles. The highest BCUT2D eigenvalue weighted by atomic mass is 79.9. The predicted molar refractivity (Wildman–Crippen MR) is 46.9 cm³/mol. The normalized spacial score (nSPS) is 10.0. The highest BCUT2D eigenvalue weighted by molar-refractivity contribution is 9.10. The number of halogens is 1. The van der Waals surface area contributed by atoms with Crippen molar-refractivity contribution in [1.29, 1.82) is 0 Å². The van der Waals surface area contributed by atoms with Gasteiger partial charge >= 0.3 is 0 Å². The molecule has 0 amide bonds. The van der Waals surface area contributed by atoms with E-state index in [0.717, 1.165) is 5.57 Å². The van der Waals surface area contributed by atoms with Crippen LogP contribution in [0.15, 0.2) is 16.9 Å². The summed E-state index contributed by atoms with van der Waals surface area (Å²) in [5.41, 5.74) is 6.36.